The average molecular weight is 740 g/mol. The minimum atomic E-state index is -2.47. The second-order valence-electron chi connectivity index (χ2n) is 12.8. The molecule has 2 aromatic carbocycles. The second-order valence-corrected chi connectivity index (χ2v) is 13.3. The molecule has 0 saturated heterocycles. The Bertz CT molecular complexity index is 1920. The van der Waals surface area contributed by atoms with E-state index in [1.54, 1.807) is 78.9 Å². The van der Waals surface area contributed by atoms with E-state index in [1.165, 1.54) is 34.9 Å². The Balaban J connectivity index is 1.17. The van der Waals surface area contributed by atoms with Crippen molar-refractivity contribution in [2.45, 2.75) is 57.5 Å². The summed E-state index contributed by atoms with van der Waals surface area (Å²) in [4.78, 5) is 32.7. The van der Waals surface area contributed by atoms with Gasteiger partial charge in [-0.15, -0.1) is 0 Å². The molecule has 7 rings (SSSR count). The smallest absolute Gasteiger partial charge is 0.415 e. The van der Waals surface area contributed by atoms with E-state index in [2.05, 4.69) is 5.32 Å². The van der Waals surface area contributed by atoms with Crippen LogP contribution in [0.1, 0.15) is 47.2 Å². The Labute approximate surface area is 310 Å². The standard InChI is InChI=1S/C40H38ClN3O9/c1-27(42-22-35(45)29-7-2-8-30(41)21-29)19-28-13-14-36-37(20-28)53-40(52-36,38(46)43(23-31-9-3-15-48-31)24-32-10-4-16-49-32)39(47)44(25-33-11-5-17-50-33)26-34-12-6-18-51-34/h2-18,20-21,27,35,42,45H,19,22-26H2,1H3. The molecule has 12 nitrogen and oxygen atoms in total. The van der Waals surface area contributed by atoms with Gasteiger partial charge in [-0.1, -0.05) is 29.8 Å². The van der Waals surface area contributed by atoms with Crippen molar-refractivity contribution >= 4 is 23.4 Å². The molecule has 274 valence electrons. The number of furan rings is 4. The Morgan fingerprint density at radius 3 is 1.68 bits per heavy atom. The van der Waals surface area contributed by atoms with E-state index in [1.807, 2.05) is 19.1 Å². The third-order valence-electron chi connectivity index (χ3n) is 8.80. The maximum Gasteiger partial charge on any atom is 0.415 e. The predicted molar refractivity (Wildman–Crippen MR) is 191 cm³/mol. The third kappa shape index (κ3) is 8.36. The summed E-state index contributed by atoms with van der Waals surface area (Å²) in [6.45, 7) is 2.29. The number of fused-ring (bicyclic) bond motifs is 1. The summed E-state index contributed by atoms with van der Waals surface area (Å²) in [6, 6.07) is 26.2. The van der Waals surface area contributed by atoms with Crippen molar-refractivity contribution in [3.05, 3.63) is 155 Å². The summed E-state index contributed by atoms with van der Waals surface area (Å²) in [5.74, 6) is -1.62. The number of benzene rings is 2. The fourth-order valence-electron chi connectivity index (χ4n) is 6.19. The Hall–Kier alpha value is -5.69. The number of nitrogens with one attached hydrogen (secondary N) is 1. The number of carbonyl (C=O) groups excluding carboxylic acids is 2. The van der Waals surface area contributed by atoms with Crippen LogP contribution in [0.2, 0.25) is 5.02 Å². The van der Waals surface area contributed by atoms with Crippen molar-refractivity contribution < 1.29 is 41.8 Å². The second kappa shape index (κ2) is 15.9. The van der Waals surface area contributed by atoms with Gasteiger partial charge in [-0.05, 0) is 97.3 Å². The van der Waals surface area contributed by atoms with Gasteiger partial charge < -0.3 is 47.4 Å². The normalized spacial score (nSPS) is 14.2. The molecular formula is C40H38ClN3O9. The van der Waals surface area contributed by atoms with Gasteiger partial charge >= 0.3 is 17.6 Å². The SMILES string of the molecule is CC(Cc1ccc2c(c1)OC(C(=O)N(Cc1ccco1)Cc1ccco1)(C(=O)N(Cc1ccco1)Cc1ccco1)O2)NCC(O)c1cccc(Cl)c1. The van der Waals surface area contributed by atoms with Crippen LogP contribution < -0.4 is 14.8 Å². The van der Waals surface area contributed by atoms with Gasteiger partial charge in [-0.3, -0.25) is 9.59 Å². The number of halogens is 1. The van der Waals surface area contributed by atoms with Crippen LogP contribution in [0, 0.1) is 0 Å². The number of aliphatic hydroxyl groups is 1. The molecule has 2 N–H and O–H groups in total. The zero-order chi connectivity index (χ0) is 36.8. The molecule has 1 aliphatic heterocycles. The van der Waals surface area contributed by atoms with E-state index in [4.69, 9.17) is 38.7 Å². The maximum atomic E-state index is 14.9. The van der Waals surface area contributed by atoms with Gasteiger partial charge in [0.25, 0.3) is 0 Å². The van der Waals surface area contributed by atoms with Crippen LogP contribution >= 0.6 is 11.6 Å². The highest BCUT2D eigenvalue weighted by Crippen LogP contribution is 2.43. The van der Waals surface area contributed by atoms with E-state index in [-0.39, 0.29) is 43.7 Å². The summed E-state index contributed by atoms with van der Waals surface area (Å²) in [5.41, 5.74) is 1.57. The largest absolute Gasteiger partial charge is 0.467 e. The van der Waals surface area contributed by atoms with Crippen molar-refractivity contribution in [1.29, 1.82) is 0 Å². The zero-order valence-corrected chi connectivity index (χ0v) is 29.6. The lowest BCUT2D eigenvalue weighted by Crippen LogP contribution is -2.63. The van der Waals surface area contributed by atoms with Gasteiger partial charge in [0.1, 0.15) is 23.0 Å². The molecule has 6 aromatic rings. The molecule has 2 unspecified atom stereocenters. The van der Waals surface area contributed by atoms with Gasteiger partial charge in [0.15, 0.2) is 11.5 Å². The summed E-state index contributed by atoms with van der Waals surface area (Å²) in [7, 11) is 0. The van der Waals surface area contributed by atoms with E-state index < -0.39 is 23.7 Å². The first-order valence-corrected chi connectivity index (χ1v) is 17.5. The molecule has 0 aliphatic carbocycles. The van der Waals surface area contributed by atoms with Crippen molar-refractivity contribution in [3.63, 3.8) is 0 Å². The molecule has 2 atom stereocenters. The van der Waals surface area contributed by atoms with Gasteiger partial charge in [-0.2, -0.15) is 0 Å². The number of hydrogen-bond acceptors (Lipinski definition) is 10. The topological polar surface area (TPSA) is 144 Å². The molecule has 4 aromatic heterocycles. The molecular weight excluding hydrogens is 702 g/mol. The molecule has 0 fully saturated rings. The van der Waals surface area contributed by atoms with Crippen LogP contribution in [0.25, 0.3) is 0 Å². The molecule has 1 aliphatic rings. The lowest BCUT2D eigenvalue weighted by Gasteiger charge is -2.34. The Morgan fingerprint density at radius 1 is 0.698 bits per heavy atom. The van der Waals surface area contributed by atoms with Gasteiger partial charge in [-0.25, -0.2) is 0 Å². The number of aliphatic hydroxyl groups excluding tert-OH is 1. The van der Waals surface area contributed by atoms with Crippen LogP contribution in [0.4, 0.5) is 0 Å². The molecule has 2 amide bonds. The van der Waals surface area contributed by atoms with E-state index in [0.717, 1.165) is 5.56 Å². The first kappa shape index (κ1) is 35.7. The highest BCUT2D eigenvalue weighted by molar-refractivity contribution is 6.30. The minimum absolute atomic E-state index is 0.00350. The van der Waals surface area contributed by atoms with Crippen molar-refractivity contribution in [1.82, 2.24) is 15.1 Å². The first-order chi connectivity index (χ1) is 25.8. The van der Waals surface area contributed by atoms with Crippen molar-refractivity contribution in [3.8, 4) is 11.5 Å². The number of ether oxygens (including phenoxy) is 2. The van der Waals surface area contributed by atoms with Gasteiger partial charge in [0.2, 0.25) is 0 Å². The van der Waals surface area contributed by atoms with E-state index >= 15 is 0 Å². The zero-order valence-electron chi connectivity index (χ0n) is 28.9. The van der Waals surface area contributed by atoms with E-state index in [0.29, 0.717) is 46.6 Å². The third-order valence-corrected chi connectivity index (χ3v) is 9.03. The molecule has 53 heavy (non-hydrogen) atoms. The van der Waals surface area contributed by atoms with Crippen LogP contribution in [0.5, 0.6) is 11.5 Å². The molecule has 0 saturated carbocycles. The highest BCUT2D eigenvalue weighted by atomic mass is 35.5. The number of amides is 2. The predicted octanol–water partition coefficient (Wildman–Crippen LogP) is 6.89. The quantitative estimate of drug-likeness (QED) is 0.101. The maximum absolute atomic E-state index is 14.9. The molecule has 0 radical (unpaired) electrons. The first-order valence-electron chi connectivity index (χ1n) is 17.1. The Morgan fingerprint density at radius 2 is 1.21 bits per heavy atom. The van der Waals surface area contributed by atoms with Crippen molar-refractivity contribution in [2.75, 3.05) is 6.54 Å². The summed E-state index contributed by atoms with van der Waals surface area (Å²) >= 11 is 6.11. The molecule has 13 heteroatoms. The Kier molecular flexibility index (Phi) is 10.7. The summed E-state index contributed by atoms with van der Waals surface area (Å²) in [6.07, 6.45) is 5.82. The molecule has 0 spiro atoms. The van der Waals surface area contributed by atoms with Crippen LogP contribution in [-0.2, 0) is 42.2 Å². The molecule has 5 heterocycles. The van der Waals surface area contributed by atoms with Gasteiger partial charge in [0, 0.05) is 17.6 Å². The lowest BCUT2D eigenvalue weighted by molar-refractivity contribution is -0.188. The van der Waals surface area contributed by atoms with Crippen molar-refractivity contribution in [2.24, 2.45) is 0 Å². The number of carbonyl (C=O) groups is 2. The van der Waals surface area contributed by atoms with E-state index in [9.17, 15) is 14.7 Å². The molecule has 0 bridgehead atoms. The fraction of sp³-hybridized carbons (Fsp3) is 0.250. The lowest BCUT2D eigenvalue weighted by atomic mass is 10.1. The average Bonchev–Trinajstić information content (AvgIpc) is 4.01. The van der Waals surface area contributed by atoms with Crippen LogP contribution in [-0.4, -0.2) is 45.1 Å². The number of hydrogen-bond donors (Lipinski definition) is 2. The summed E-state index contributed by atoms with van der Waals surface area (Å²) < 4.78 is 35.2. The van der Waals surface area contributed by atoms with Crippen LogP contribution in [0.15, 0.2) is 134 Å². The van der Waals surface area contributed by atoms with Gasteiger partial charge in [0.05, 0.1) is 57.3 Å². The number of rotatable bonds is 16. The summed E-state index contributed by atoms with van der Waals surface area (Å²) in [5, 5.41) is 14.6. The number of nitrogens with zero attached hydrogens (tertiary/aromatic N) is 2. The monoisotopic (exact) mass is 739 g/mol. The fourth-order valence-corrected chi connectivity index (χ4v) is 6.39. The highest BCUT2D eigenvalue weighted by Gasteiger charge is 2.60. The minimum Gasteiger partial charge on any atom is -0.467 e. The van der Waals surface area contributed by atoms with Crippen LogP contribution in [0.3, 0.4) is 0 Å².